The molecule has 0 radical (unpaired) electrons. The molecule has 0 heterocycles. The van der Waals surface area contributed by atoms with Crippen molar-refractivity contribution in [1.82, 2.24) is 0 Å². The Labute approximate surface area is 104 Å². The normalized spacial score (nSPS) is 14.2. The lowest BCUT2D eigenvalue weighted by Gasteiger charge is -2.19. The zero-order valence-corrected chi connectivity index (χ0v) is 9.91. The maximum atomic E-state index is 10.8. The average molecular weight is 256 g/mol. The Morgan fingerprint density at radius 2 is 2.06 bits per heavy atom. The van der Waals surface area contributed by atoms with E-state index in [1.807, 2.05) is 0 Å². The van der Waals surface area contributed by atoms with Gasteiger partial charge in [0.05, 0.1) is 11.0 Å². The Morgan fingerprint density at radius 1 is 1.44 bits per heavy atom. The minimum absolute atomic E-state index is 0.0393. The van der Waals surface area contributed by atoms with Gasteiger partial charge in [-0.3, -0.25) is 10.1 Å². The minimum Gasteiger partial charge on any atom is -0.396 e. The highest BCUT2D eigenvalue weighted by atomic mass is 16.6. The molecular formula is C11H16N2O5. The summed E-state index contributed by atoms with van der Waals surface area (Å²) in [6, 6.07) is 2.78. The molecule has 18 heavy (non-hydrogen) atoms. The summed E-state index contributed by atoms with van der Waals surface area (Å²) in [5.74, 6) is 0. The molecule has 2 atom stereocenters. The zero-order chi connectivity index (χ0) is 13.9. The predicted molar refractivity (Wildman–Crippen MR) is 64.9 cm³/mol. The van der Waals surface area contributed by atoms with Crippen molar-refractivity contribution in [2.75, 3.05) is 12.3 Å². The van der Waals surface area contributed by atoms with Crippen LogP contribution in [0.25, 0.3) is 0 Å². The molecule has 0 aliphatic rings. The fourth-order valence-corrected chi connectivity index (χ4v) is 1.70. The van der Waals surface area contributed by atoms with E-state index in [4.69, 9.17) is 10.8 Å². The van der Waals surface area contributed by atoms with Crippen LogP contribution in [0.5, 0.6) is 0 Å². The number of rotatable bonds is 5. The van der Waals surface area contributed by atoms with Gasteiger partial charge >= 0.3 is 0 Å². The van der Waals surface area contributed by atoms with E-state index >= 15 is 0 Å². The van der Waals surface area contributed by atoms with Gasteiger partial charge in [-0.25, -0.2) is 0 Å². The number of benzene rings is 1. The summed E-state index contributed by atoms with van der Waals surface area (Å²) < 4.78 is 0. The van der Waals surface area contributed by atoms with Gasteiger partial charge in [0.15, 0.2) is 0 Å². The quantitative estimate of drug-likeness (QED) is 0.339. The Balaban J connectivity index is 3.19. The van der Waals surface area contributed by atoms with Crippen molar-refractivity contribution in [3.05, 3.63) is 33.4 Å². The summed E-state index contributed by atoms with van der Waals surface area (Å²) >= 11 is 0. The van der Waals surface area contributed by atoms with Crippen molar-refractivity contribution in [3.8, 4) is 0 Å². The van der Waals surface area contributed by atoms with Crippen LogP contribution in [-0.4, -0.2) is 33.0 Å². The number of hydrogen-bond donors (Lipinski definition) is 4. The van der Waals surface area contributed by atoms with Crippen LogP contribution in [-0.2, 0) is 0 Å². The maximum Gasteiger partial charge on any atom is 0.292 e. The SMILES string of the molecule is Cc1cc(C(O)C(O)CCO)c(N)c([N+](=O)[O-])c1. The number of nitrogens with zero attached hydrogens (tertiary/aromatic N) is 1. The number of hydrogen-bond acceptors (Lipinski definition) is 6. The zero-order valence-electron chi connectivity index (χ0n) is 9.91. The predicted octanol–water partition coefficient (Wildman–Crippen LogP) is 0.262. The van der Waals surface area contributed by atoms with Crippen molar-refractivity contribution in [2.45, 2.75) is 25.6 Å². The van der Waals surface area contributed by atoms with Gasteiger partial charge in [-0.2, -0.15) is 0 Å². The maximum absolute atomic E-state index is 10.8. The molecule has 0 amide bonds. The number of anilines is 1. The first-order chi connectivity index (χ1) is 8.38. The van der Waals surface area contributed by atoms with Crippen LogP contribution < -0.4 is 5.73 Å². The number of aryl methyl sites for hydroxylation is 1. The van der Waals surface area contributed by atoms with E-state index in [1.165, 1.54) is 12.1 Å². The third-order valence-corrected chi connectivity index (χ3v) is 2.64. The van der Waals surface area contributed by atoms with Crippen LogP contribution in [0.1, 0.15) is 23.7 Å². The highest BCUT2D eigenvalue weighted by molar-refractivity contribution is 5.65. The number of aliphatic hydroxyl groups is 3. The standard InChI is InChI=1S/C11H16N2O5/c1-6-4-7(11(16)9(15)2-3-14)10(12)8(5-6)13(17)18/h4-5,9,11,14-16H,2-3,12H2,1H3. The average Bonchev–Trinajstić information content (AvgIpc) is 2.30. The smallest absolute Gasteiger partial charge is 0.292 e. The highest BCUT2D eigenvalue weighted by Gasteiger charge is 2.25. The first-order valence-electron chi connectivity index (χ1n) is 5.40. The van der Waals surface area contributed by atoms with E-state index < -0.39 is 17.1 Å². The van der Waals surface area contributed by atoms with Crippen LogP contribution in [0.2, 0.25) is 0 Å². The molecule has 0 spiro atoms. The van der Waals surface area contributed by atoms with Gasteiger partial charge in [-0.05, 0) is 18.9 Å². The first kappa shape index (κ1) is 14.4. The van der Waals surface area contributed by atoms with Crippen molar-refractivity contribution in [2.24, 2.45) is 0 Å². The minimum atomic E-state index is -1.37. The van der Waals surface area contributed by atoms with E-state index in [2.05, 4.69) is 0 Å². The number of aliphatic hydroxyl groups excluding tert-OH is 3. The fourth-order valence-electron chi connectivity index (χ4n) is 1.70. The van der Waals surface area contributed by atoms with Crippen LogP contribution in [0.3, 0.4) is 0 Å². The van der Waals surface area contributed by atoms with E-state index in [0.717, 1.165) is 0 Å². The van der Waals surface area contributed by atoms with Crippen LogP contribution in [0.15, 0.2) is 12.1 Å². The Bertz CT molecular complexity index is 449. The molecule has 0 aliphatic carbocycles. The molecule has 100 valence electrons. The fraction of sp³-hybridized carbons (Fsp3) is 0.455. The van der Waals surface area contributed by atoms with Gasteiger partial charge in [-0.15, -0.1) is 0 Å². The summed E-state index contributed by atoms with van der Waals surface area (Å²) in [6.45, 7) is 1.33. The number of nitro groups is 1. The van der Waals surface area contributed by atoms with Gasteiger partial charge < -0.3 is 21.1 Å². The molecule has 7 nitrogen and oxygen atoms in total. The molecular weight excluding hydrogens is 240 g/mol. The summed E-state index contributed by atoms with van der Waals surface area (Å²) in [4.78, 5) is 10.1. The second-order valence-electron chi connectivity index (χ2n) is 4.07. The van der Waals surface area contributed by atoms with Crippen molar-refractivity contribution in [3.63, 3.8) is 0 Å². The van der Waals surface area contributed by atoms with Crippen LogP contribution >= 0.6 is 0 Å². The Kier molecular flexibility index (Phi) is 4.60. The largest absolute Gasteiger partial charge is 0.396 e. The summed E-state index contributed by atoms with van der Waals surface area (Å²) in [5, 5.41) is 38.9. The number of nitrogen functional groups attached to an aromatic ring is 1. The van der Waals surface area contributed by atoms with Crippen LogP contribution in [0, 0.1) is 17.0 Å². The molecule has 7 heteroatoms. The summed E-state index contributed by atoms with van der Waals surface area (Å²) in [7, 11) is 0. The molecule has 1 aromatic rings. The molecule has 0 aromatic heterocycles. The topological polar surface area (TPSA) is 130 Å². The molecule has 1 aromatic carbocycles. The second kappa shape index (κ2) is 5.76. The number of nitrogens with two attached hydrogens (primary N) is 1. The monoisotopic (exact) mass is 256 g/mol. The Morgan fingerprint density at radius 3 is 2.56 bits per heavy atom. The molecule has 0 saturated heterocycles. The molecule has 0 saturated carbocycles. The highest BCUT2D eigenvalue weighted by Crippen LogP contribution is 2.33. The van der Waals surface area contributed by atoms with Crippen molar-refractivity contribution in [1.29, 1.82) is 0 Å². The van der Waals surface area contributed by atoms with Gasteiger partial charge in [0.2, 0.25) is 0 Å². The second-order valence-corrected chi connectivity index (χ2v) is 4.07. The van der Waals surface area contributed by atoms with Gasteiger partial charge in [0, 0.05) is 18.2 Å². The molecule has 2 unspecified atom stereocenters. The molecule has 5 N–H and O–H groups in total. The lowest BCUT2D eigenvalue weighted by Crippen LogP contribution is -2.21. The van der Waals surface area contributed by atoms with E-state index in [-0.39, 0.29) is 30.0 Å². The van der Waals surface area contributed by atoms with E-state index in [1.54, 1.807) is 6.92 Å². The third kappa shape index (κ3) is 2.95. The van der Waals surface area contributed by atoms with E-state index in [9.17, 15) is 20.3 Å². The summed E-state index contributed by atoms with van der Waals surface area (Å²) in [6.07, 6.45) is -2.63. The molecule has 0 fully saturated rings. The van der Waals surface area contributed by atoms with Gasteiger partial charge in [0.25, 0.3) is 5.69 Å². The van der Waals surface area contributed by atoms with Gasteiger partial charge in [0.1, 0.15) is 11.8 Å². The Hall–Kier alpha value is -1.70. The summed E-state index contributed by atoms with van der Waals surface area (Å²) in [5.41, 5.74) is 5.79. The number of nitro benzene ring substituents is 1. The lowest BCUT2D eigenvalue weighted by molar-refractivity contribution is -0.384. The third-order valence-electron chi connectivity index (χ3n) is 2.64. The van der Waals surface area contributed by atoms with Crippen LogP contribution in [0.4, 0.5) is 11.4 Å². The van der Waals surface area contributed by atoms with Crippen molar-refractivity contribution < 1.29 is 20.2 Å². The van der Waals surface area contributed by atoms with Crippen molar-refractivity contribution >= 4 is 11.4 Å². The lowest BCUT2D eigenvalue weighted by atomic mass is 9.98. The van der Waals surface area contributed by atoms with Gasteiger partial charge in [-0.1, -0.05) is 6.07 Å². The molecule has 1 rings (SSSR count). The molecule has 0 bridgehead atoms. The first-order valence-corrected chi connectivity index (χ1v) is 5.40. The molecule has 0 aliphatic heterocycles. The van der Waals surface area contributed by atoms with E-state index in [0.29, 0.717) is 5.56 Å².